The predicted molar refractivity (Wildman–Crippen MR) is 104 cm³/mol. The van der Waals surface area contributed by atoms with E-state index in [4.69, 9.17) is 0 Å². The lowest BCUT2D eigenvalue weighted by Gasteiger charge is -2.13. The molecule has 1 N–H and O–H groups in total. The van der Waals surface area contributed by atoms with Gasteiger partial charge < -0.3 is 10.2 Å². The van der Waals surface area contributed by atoms with Crippen molar-refractivity contribution in [2.24, 2.45) is 0 Å². The first-order valence-electron chi connectivity index (χ1n) is 8.56. The molecule has 0 radical (unpaired) electrons. The average Bonchev–Trinajstić information content (AvgIpc) is 2.66. The highest BCUT2D eigenvalue weighted by Crippen LogP contribution is 2.13. The van der Waals surface area contributed by atoms with Crippen LogP contribution in [0.25, 0.3) is 0 Å². The van der Waals surface area contributed by atoms with Gasteiger partial charge in [-0.2, -0.15) is 0 Å². The summed E-state index contributed by atoms with van der Waals surface area (Å²) in [5.74, 6) is -0.240. The fourth-order valence-electron chi connectivity index (χ4n) is 2.32. The summed E-state index contributed by atoms with van der Waals surface area (Å²) in [5.41, 5.74) is 2.10. The van der Waals surface area contributed by atoms with E-state index in [9.17, 15) is 14.0 Å². The molecular weight excluding hydrogens is 345 g/mol. The van der Waals surface area contributed by atoms with Crippen molar-refractivity contribution in [2.75, 3.05) is 18.9 Å². The molecule has 0 saturated heterocycles. The Bertz CT molecular complexity index is 845. The number of carbonyl (C=O) groups excluding carboxylic acids is 2. The second kappa shape index (κ2) is 10.0. The first kappa shape index (κ1) is 20.0. The van der Waals surface area contributed by atoms with Gasteiger partial charge in [-0.05, 0) is 54.8 Å². The molecule has 0 saturated carbocycles. The Morgan fingerprint density at radius 2 is 2.07 bits per heavy atom. The van der Waals surface area contributed by atoms with Gasteiger partial charge in [-0.15, -0.1) is 0 Å². The molecule has 0 unspecified atom stereocenters. The summed E-state index contributed by atoms with van der Waals surface area (Å²) in [6, 6.07) is 9.92. The maximum atomic E-state index is 13.3. The van der Waals surface area contributed by atoms with Crippen LogP contribution in [0.5, 0.6) is 0 Å². The van der Waals surface area contributed by atoms with E-state index < -0.39 is 0 Å². The van der Waals surface area contributed by atoms with E-state index in [1.54, 1.807) is 24.5 Å². The molecule has 1 heterocycles. The summed E-state index contributed by atoms with van der Waals surface area (Å²) in [4.78, 5) is 29.1. The molecule has 0 bridgehead atoms. The molecule has 27 heavy (non-hydrogen) atoms. The van der Waals surface area contributed by atoms with Crippen molar-refractivity contribution >= 4 is 18.0 Å². The summed E-state index contributed by atoms with van der Waals surface area (Å²) in [5, 5.41) is 2.71. The molecule has 0 aliphatic heterocycles. The van der Waals surface area contributed by atoms with Gasteiger partial charge >= 0.3 is 0 Å². The van der Waals surface area contributed by atoms with Crippen molar-refractivity contribution < 1.29 is 14.0 Å². The van der Waals surface area contributed by atoms with Crippen LogP contribution in [0.4, 0.5) is 10.2 Å². The molecule has 0 fully saturated rings. The summed E-state index contributed by atoms with van der Waals surface area (Å²) in [6.07, 6.45) is 7.19. The number of hydrogen-bond acceptors (Lipinski definition) is 4. The number of halogens is 1. The molecule has 0 aliphatic rings. The number of carbonyl (C=O) groups is 2. The fraction of sp³-hybridized carbons (Fsp3) is 0.190. The zero-order valence-corrected chi connectivity index (χ0v) is 15.4. The number of aldehydes is 1. The molecule has 0 atom stereocenters. The van der Waals surface area contributed by atoms with Crippen LogP contribution in [-0.4, -0.2) is 35.7 Å². The normalized spacial score (nSPS) is 11.4. The number of aromatic nitrogens is 1. The molecule has 2 aromatic rings. The average molecular weight is 367 g/mol. The van der Waals surface area contributed by atoms with Gasteiger partial charge in [-0.3, -0.25) is 9.59 Å². The topological polar surface area (TPSA) is 62.3 Å². The molecule has 1 aromatic carbocycles. The Morgan fingerprint density at radius 1 is 1.26 bits per heavy atom. The molecule has 0 aliphatic carbocycles. The van der Waals surface area contributed by atoms with Crippen LogP contribution in [0, 0.1) is 5.82 Å². The van der Waals surface area contributed by atoms with E-state index in [0.29, 0.717) is 24.1 Å². The number of nitrogens with zero attached hydrogens (tertiary/aromatic N) is 2. The highest BCUT2D eigenvalue weighted by molar-refractivity contribution is 6.05. The van der Waals surface area contributed by atoms with Gasteiger partial charge in [0.05, 0.1) is 5.57 Å². The molecule has 2 rings (SSSR count). The second-order valence-electron chi connectivity index (χ2n) is 5.97. The Balaban J connectivity index is 2.07. The van der Waals surface area contributed by atoms with Crippen LogP contribution >= 0.6 is 0 Å². The van der Waals surface area contributed by atoms with Gasteiger partial charge in [0, 0.05) is 26.0 Å². The first-order valence-corrected chi connectivity index (χ1v) is 8.56. The van der Waals surface area contributed by atoms with Crippen LogP contribution in [0.15, 0.2) is 66.5 Å². The minimum atomic E-state index is -0.362. The van der Waals surface area contributed by atoms with Gasteiger partial charge in [0.15, 0.2) is 0 Å². The quantitative estimate of drug-likeness (QED) is 0.442. The standard InChI is InChI=1S/C21H22FN3O2/c1-3-25(2)15-18(7-5-11-26)21(27)24-20-10-9-17(14-23-20)12-16-6-4-8-19(22)13-16/h4-11,13-15H,3,12H2,1-2H3,(H,23,24,27)/b7-5-,18-15+. The van der Waals surface area contributed by atoms with E-state index in [-0.39, 0.29) is 11.7 Å². The molecule has 5 nitrogen and oxygen atoms in total. The van der Waals surface area contributed by atoms with Gasteiger partial charge in [-0.1, -0.05) is 18.2 Å². The van der Waals surface area contributed by atoms with E-state index in [1.165, 1.54) is 24.3 Å². The van der Waals surface area contributed by atoms with Crippen molar-refractivity contribution in [3.63, 3.8) is 0 Å². The largest absolute Gasteiger partial charge is 0.380 e. The molecule has 1 amide bonds. The summed E-state index contributed by atoms with van der Waals surface area (Å²) in [6.45, 7) is 2.67. The summed E-state index contributed by atoms with van der Waals surface area (Å²) < 4.78 is 13.3. The lowest BCUT2D eigenvalue weighted by atomic mass is 10.1. The number of anilines is 1. The van der Waals surface area contributed by atoms with Gasteiger partial charge in [0.2, 0.25) is 0 Å². The first-order chi connectivity index (χ1) is 13.0. The second-order valence-corrected chi connectivity index (χ2v) is 5.97. The molecule has 1 aromatic heterocycles. The van der Waals surface area contributed by atoms with Crippen molar-refractivity contribution in [3.05, 3.63) is 83.5 Å². The third-order valence-electron chi connectivity index (χ3n) is 3.84. The highest BCUT2D eigenvalue weighted by atomic mass is 19.1. The van der Waals surface area contributed by atoms with Gasteiger partial charge in [0.1, 0.15) is 17.9 Å². The van der Waals surface area contributed by atoms with Gasteiger partial charge in [-0.25, -0.2) is 9.37 Å². The molecule has 0 spiro atoms. The van der Waals surface area contributed by atoms with Crippen LogP contribution in [-0.2, 0) is 16.0 Å². The van der Waals surface area contributed by atoms with Gasteiger partial charge in [0.25, 0.3) is 5.91 Å². The monoisotopic (exact) mass is 367 g/mol. The fourth-order valence-corrected chi connectivity index (χ4v) is 2.32. The van der Waals surface area contributed by atoms with Crippen LogP contribution < -0.4 is 5.32 Å². The minimum Gasteiger partial charge on any atom is -0.380 e. The Kier molecular flexibility index (Phi) is 7.43. The smallest absolute Gasteiger partial charge is 0.258 e. The Morgan fingerprint density at radius 3 is 2.70 bits per heavy atom. The summed E-state index contributed by atoms with van der Waals surface area (Å²) >= 11 is 0. The Labute approximate surface area is 158 Å². The SMILES string of the molecule is CCN(C)/C=C(\C=C/C=O)C(=O)Nc1ccc(Cc2cccc(F)c2)cn1. The minimum absolute atomic E-state index is 0.274. The van der Waals surface area contributed by atoms with Crippen molar-refractivity contribution in [1.29, 1.82) is 0 Å². The number of pyridine rings is 1. The van der Waals surface area contributed by atoms with Crippen LogP contribution in [0.3, 0.4) is 0 Å². The molecule has 140 valence electrons. The van der Waals surface area contributed by atoms with Crippen molar-refractivity contribution in [2.45, 2.75) is 13.3 Å². The summed E-state index contributed by atoms with van der Waals surface area (Å²) in [7, 11) is 1.83. The van der Waals surface area contributed by atoms with Crippen molar-refractivity contribution in [1.82, 2.24) is 9.88 Å². The number of amides is 1. The maximum Gasteiger partial charge on any atom is 0.258 e. The Hall–Kier alpha value is -3.28. The van der Waals surface area contributed by atoms with Crippen LogP contribution in [0.1, 0.15) is 18.1 Å². The lowest BCUT2D eigenvalue weighted by molar-refractivity contribution is -0.112. The highest BCUT2D eigenvalue weighted by Gasteiger charge is 2.09. The number of benzene rings is 1. The number of hydrogen-bond donors (Lipinski definition) is 1. The van der Waals surface area contributed by atoms with Crippen LogP contribution in [0.2, 0.25) is 0 Å². The molecule has 6 heteroatoms. The van der Waals surface area contributed by atoms with E-state index in [0.717, 1.165) is 17.7 Å². The van der Waals surface area contributed by atoms with E-state index in [2.05, 4.69) is 10.3 Å². The third kappa shape index (κ3) is 6.51. The zero-order valence-electron chi connectivity index (χ0n) is 15.4. The maximum absolute atomic E-state index is 13.3. The van der Waals surface area contributed by atoms with Crippen molar-refractivity contribution in [3.8, 4) is 0 Å². The van der Waals surface area contributed by atoms with E-state index in [1.807, 2.05) is 31.0 Å². The third-order valence-corrected chi connectivity index (χ3v) is 3.84. The predicted octanol–water partition coefficient (Wildman–Crippen LogP) is 3.34. The number of nitrogens with one attached hydrogen (secondary N) is 1. The lowest BCUT2D eigenvalue weighted by Crippen LogP contribution is -2.18. The van der Waals surface area contributed by atoms with E-state index >= 15 is 0 Å². The number of rotatable bonds is 8. The number of allylic oxidation sites excluding steroid dienone is 1. The molecular formula is C21H22FN3O2. The zero-order chi connectivity index (χ0) is 19.6.